The molecule has 0 fully saturated rings. The molecule has 0 saturated heterocycles. The van der Waals surface area contributed by atoms with Crippen molar-refractivity contribution < 1.29 is 9.59 Å². The van der Waals surface area contributed by atoms with Crippen molar-refractivity contribution in [1.29, 1.82) is 0 Å². The standard InChI is InChI=1S/C9H15N3O2/c1-5(2)7-8(13)11-6(4-10-3)12-9(7)14/h5,7,10H,4H2,1-3H3,(H,11,12,13,14). The number of nitrogens with zero attached hydrogens (tertiary/aromatic N) is 1. The molecule has 0 radical (unpaired) electrons. The predicted molar refractivity (Wildman–Crippen MR) is 52.8 cm³/mol. The second-order valence-electron chi connectivity index (χ2n) is 3.64. The highest BCUT2D eigenvalue weighted by Gasteiger charge is 2.33. The van der Waals surface area contributed by atoms with Gasteiger partial charge in [0.15, 0.2) is 0 Å². The van der Waals surface area contributed by atoms with Gasteiger partial charge in [-0.2, -0.15) is 4.99 Å². The van der Waals surface area contributed by atoms with Crippen molar-refractivity contribution in [2.45, 2.75) is 13.8 Å². The number of likely N-dealkylation sites (N-methyl/N-ethyl adjacent to an activating group) is 1. The van der Waals surface area contributed by atoms with Crippen LogP contribution < -0.4 is 10.6 Å². The minimum absolute atomic E-state index is 0.0117. The first-order valence-corrected chi connectivity index (χ1v) is 4.63. The zero-order valence-electron chi connectivity index (χ0n) is 8.63. The highest BCUT2D eigenvalue weighted by Crippen LogP contribution is 2.15. The number of amidine groups is 1. The number of carbonyl (C=O) groups excluding carboxylic acids is 2. The maximum absolute atomic E-state index is 11.5. The van der Waals surface area contributed by atoms with Gasteiger partial charge in [0.2, 0.25) is 5.91 Å². The summed E-state index contributed by atoms with van der Waals surface area (Å²) < 4.78 is 0. The normalized spacial score (nSPS) is 22.3. The first kappa shape index (κ1) is 10.8. The Bertz CT molecular complexity index is 284. The second kappa shape index (κ2) is 4.32. The van der Waals surface area contributed by atoms with Gasteiger partial charge in [-0.15, -0.1) is 0 Å². The van der Waals surface area contributed by atoms with Crippen molar-refractivity contribution in [2.24, 2.45) is 16.8 Å². The van der Waals surface area contributed by atoms with Crippen LogP contribution in [0.25, 0.3) is 0 Å². The summed E-state index contributed by atoms with van der Waals surface area (Å²) in [7, 11) is 1.73. The van der Waals surface area contributed by atoms with Crippen LogP contribution in [0.4, 0.5) is 0 Å². The van der Waals surface area contributed by atoms with Gasteiger partial charge in [0.1, 0.15) is 11.8 Å². The van der Waals surface area contributed by atoms with Crippen LogP contribution in [0.1, 0.15) is 13.8 Å². The molecule has 0 aromatic rings. The molecule has 0 spiro atoms. The molecule has 0 bridgehead atoms. The topological polar surface area (TPSA) is 70.6 Å². The van der Waals surface area contributed by atoms with Gasteiger partial charge in [-0.05, 0) is 13.0 Å². The van der Waals surface area contributed by atoms with Gasteiger partial charge in [-0.1, -0.05) is 13.8 Å². The van der Waals surface area contributed by atoms with E-state index in [0.29, 0.717) is 12.4 Å². The number of rotatable bonds is 3. The van der Waals surface area contributed by atoms with Crippen LogP contribution in [0.3, 0.4) is 0 Å². The zero-order chi connectivity index (χ0) is 10.7. The summed E-state index contributed by atoms with van der Waals surface area (Å²) in [4.78, 5) is 26.8. The third kappa shape index (κ3) is 2.17. The maximum atomic E-state index is 11.5. The van der Waals surface area contributed by atoms with E-state index in [2.05, 4.69) is 15.6 Å². The maximum Gasteiger partial charge on any atom is 0.260 e. The number of carbonyl (C=O) groups is 2. The molecular formula is C9H15N3O2. The number of nitrogens with one attached hydrogen (secondary N) is 2. The van der Waals surface area contributed by atoms with Crippen LogP contribution in [-0.2, 0) is 9.59 Å². The van der Waals surface area contributed by atoms with E-state index < -0.39 is 5.92 Å². The van der Waals surface area contributed by atoms with Gasteiger partial charge in [0, 0.05) is 0 Å². The Morgan fingerprint density at radius 1 is 1.50 bits per heavy atom. The highest BCUT2D eigenvalue weighted by atomic mass is 16.2. The van der Waals surface area contributed by atoms with E-state index in [1.807, 2.05) is 13.8 Å². The van der Waals surface area contributed by atoms with Crippen molar-refractivity contribution in [3.63, 3.8) is 0 Å². The summed E-state index contributed by atoms with van der Waals surface area (Å²) in [5, 5.41) is 5.43. The Balaban J connectivity index is 2.81. The summed E-state index contributed by atoms with van der Waals surface area (Å²) in [6.45, 7) is 4.07. The van der Waals surface area contributed by atoms with Crippen LogP contribution in [-0.4, -0.2) is 31.2 Å². The molecule has 1 aliphatic rings. The Morgan fingerprint density at radius 3 is 2.57 bits per heavy atom. The Labute approximate surface area is 83.0 Å². The molecule has 5 heteroatoms. The van der Waals surface area contributed by atoms with Gasteiger partial charge in [-0.25, -0.2) is 0 Å². The Morgan fingerprint density at radius 2 is 2.14 bits per heavy atom. The first-order valence-electron chi connectivity index (χ1n) is 4.63. The average Bonchev–Trinajstić information content (AvgIpc) is 2.01. The summed E-state index contributed by atoms with van der Waals surface area (Å²) >= 11 is 0. The number of aliphatic imine (C=N–C) groups is 1. The molecule has 0 aromatic heterocycles. The largest absolute Gasteiger partial charge is 0.313 e. The van der Waals surface area contributed by atoms with Gasteiger partial charge in [0.25, 0.3) is 5.91 Å². The molecule has 0 aliphatic carbocycles. The lowest BCUT2D eigenvalue weighted by atomic mass is 9.93. The van der Waals surface area contributed by atoms with E-state index in [9.17, 15) is 9.59 Å². The van der Waals surface area contributed by atoms with Crippen LogP contribution in [0.15, 0.2) is 4.99 Å². The lowest BCUT2D eigenvalue weighted by Gasteiger charge is -2.22. The average molecular weight is 197 g/mol. The molecule has 2 amide bonds. The van der Waals surface area contributed by atoms with Crippen molar-refractivity contribution >= 4 is 17.6 Å². The van der Waals surface area contributed by atoms with Crippen LogP contribution >= 0.6 is 0 Å². The molecule has 1 rings (SSSR count). The van der Waals surface area contributed by atoms with Crippen molar-refractivity contribution in [2.75, 3.05) is 13.6 Å². The van der Waals surface area contributed by atoms with E-state index in [-0.39, 0.29) is 17.7 Å². The van der Waals surface area contributed by atoms with Gasteiger partial charge in [-0.3, -0.25) is 9.59 Å². The van der Waals surface area contributed by atoms with Gasteiger partial charge < -0.3 is 10.6 Å². The Hall–Kier alpha value is -1.23. The summed E-state index contributed by atoms with van der Waals surface area (Å²) in [5.41, 5.74) is 0. The van der Waals surface area contributed by atoms with Crippen molar-refractivity contribution in [3.8, 4) is 0 Å². The molecule has 1 unspecified atom stereocenters. The molecule has 14 heavy (non-hydrogen) atoms. The Kier molecular flexibility index (Phi) is 3.35. The lowest BCUT2D eigenvalue weighted by molar-refractivity contribution is -0.135. The van der Waals surface area contributed by atoms with E-state index in [0.717, 1.165) is 0 Å². The third-order valence-electron chi connectivity index (χ3n) is 2.07. The van der Waals surface area contributed by atoms with Gasteiger partial charge >= 0.3 is 0 Å². The number of hydrogen-bond donors (Lipinski definition) is 2. The molecule has 2 N–H and O–H groups in total. The molecule has 1 atom stereocenters. The molecule has 0 aromatic carbocycles. The molecule has 0 saturated carbocycles. The molecular weight excluding hydrogens is 182 g/mol. The fourth-order valence-electron chi connectivity index (χ4n) is 1.40. The first-order chi connectivity index (χ1) is 6.56. The second-order valence-corrected chi connectivity index (χ2v) is 3.64. The zero-order valence-corrected chi connectivity index (χ0v) is 8.63. The number of amides is 2. The molecule has 1 heterocycles. The smallest absolute Gasteiger partial charge is 0.260 e. The minimum atomic E-state index is -0.629. The number of hydrogen-bond acceptors (Lipinski definition) is 3. The van der Waals surface area contributed by atoms with Gasteiger partial charge in [0.05, 0.1) is 6.54 Å². The van der Waals surface area contributed by atoms with Crippen molar-refractivity contribution in [3.05, 3.63) is 0 Å². The van der Waals surface area contributed by atoms with Crippen LogP contribution in [0.2, 0.25) is 0 Å². The third-order valence-corrected chi connectivity index (χ3v) is 2.07. The molecule has 1 aliphatic heterocycles. The minimum Gasteiger partial charge on any atom is -0.313 e. The van der Waals surface area contributed by atoms with Crippen LogP contribution in [0, 0.1) is 11.8 Å². The predicted octanol–water partition coefficient (Wildman–Crippen LogP) is -0.467. The lowest BCUT2D eigenvalue weighted by Crippen LogP contribution is -2.48. The van der Waals surface area contributed by atoms with E-state index >= 15 is 0 Å². The fraction of sp³-hybridized carbons (Fsp3) is 0.667. The quantitative estimate of drug-likeness (QED) is 0.601. The fourth-order valence-corrected chi connectivity index (χ4v) is 1.40. The molecule has 5 nitrogen and oxygen atoms in total. The summed E-state index contributed by atoms with van der Waals surface area (Å²) in [6.07, 6.45) is 0. The summed E-state index contributed by atoms with van der Waals surface area (Å²) in [5.74, 6) is -0.823. The monoisotopic (exact) mass is 197 g/mol. The van der Waals surface area contributed by atoms with E-state index in [4.69, 9.17) is 0 Å². The van der Waals surface area contributed by atoms with Crippen LogP contribution in [0.5, 0.6) is 0 Å². The molecule has 78 valence electrons. The SMILES string of the molecule is CNCC1=NC(=O)C(C(C)C)C(=O)N1. The summed E-state index contributed by atoms with van der Waals surface area (Å²) in [6, 6.07) is 0. The van der Waals surface area contributed by atoms with E-state index in [1.54, 1.807) is 7.05 Å². The van der Waals surface area contributed by atoms with Crippen molar-refractivity contribution in [1.82, 2.24) is 10.6 Å². The van der Waals surface area contributed by atoms with E-state index in [1.165, 1.54) is 0 Å². The highest BCUT2D eigenvalue weighted by molar-refractivity contribution is 6.16.